The number of fused-ring (bicyclic) bond motifs is 1. The average Bonchev–Trinajstić information content (AvgIpc) is 3.65. The highest BCUT2D eigenvalue weighted by atomic mass is 19.1. The Morgan fingerprint density at radius 3 is 2.51 bits per heavy atom. The van der Waals surface area contributed by atoms with Crippen LogP contribution >= 0.6 is 0 Å². The summed E-state index contributed by atoms with van der Waals surface area (Å²) >= 11 is 0. The summed E-state index contributed by atoms with van der Waals surface area (Å²) in [4.78, 5) is 12.9. The maximum Gasteiger partial charge on any atom is 0.247 e. The van der Waals surface area contributed by atoms with Gasteiger partial charge in [0.2, 0.25) is 12.2 Å². The first-order chi connectivity index (χ1) is 21.6. The van der Waals surface area contributed by atoms with Gasteiger partial charge in [-0.15, -0.1) is 0 Å². The van der Waals surface area contributed by atoms with Crippen LogP contribution in [0.4, 0.5) is 10.1 Å². The van der Waals surface area contributed by atoms with Crippen molar-refractivity contribution in [2.45, 2.75) is 81.7 Å². The predicted octanol–water partition coefficient (Wildman–Crippen LogP) is 1.40. The van der Waals surface area contributed by atoms with E-state index < -0.39 is 66.8 Å². The van der Waals surface area contributed by atoms with Crippen molar-refractivity contribution in [3.63, 3.8) is 0 Å². The van der Waals surface area contributed by atoms with E-state index in [4.69, 9.17) is 29.4 Å². The lowest BCUT2D eigenvalue weighted by molar-refractivity contribution is -0.155. The number of halogens is 1. The third-order valence-electron chi connectivity index (χ3n) is 8.21. The fourth-order valence-electron chi connectivity index (χ4n) is 5.75. The molecule has 2 aliphatic heterocycles. The molecule has 0 aromatic heterocycles. The van der Waals surface area contributed by atoms with Gasteiger partial charge in [-0.25, -0.2) is 4.39 Å². The number of anilines is 1. The number of benzene rings is 2. The third-order valence-corrected chi connectivity index (χ3v) is 8.21. The van der Waals surface area contributed by atoms with Crippen LogP contribution in [-0.4, -0.2) is 94.8 Å². The first kappa shape index (κ1) is 32.8. The number of hydrogen-bond acceptors (Lipinski definition) is 11. The highest BCUT2D eigenvalue weighted by Crippen LogP contribution is 2.33. The molecule has 5 rings (SSSR count). The zero-order valence-corrected chi connectivity index (χ0v) is 24.9. The van der Waals surface area contributed by atoms with Gasteiger partial charge in [-0.05, 0) is 60.9 Å². The minimum Gasteiger partial charge on any atom is -0.486 e. The summed E-state index contributed by atoms with van der Waals surface area (Å²) in [6.45, 7) is 3.45. The van der Waals surface area contributed by atoms with E-state index in [9.17, 15) is 29.6 Å². The predicted molar refractivity (Wildman–Crippen MR) is 159 cm³/mol. The number of ether oxygens (including phenoxy) is 5. The van der Waals surface area contributed by atoms with Gasteiger partial charge in [-0.3, -0.25) is 4.79 Å². The number of rotatable bonds is 10. The number of hydrogen-bond donors (Lipinski definition) is 6. The van der Waals surface area contributed by atoms with Gasteiger partial charge >= 0.3 is 0 Å². The quantitative estimate of drug-likeness (QED) is 0.127. The average molecular weight is 631 g/mol. The molecule has 244 valence electrons. The van der Waals surface area contributed by atoms with Gasteiger partial charge in [0.05, 0.1) is 17.8 Å². The molecule has 13 heteroatoms. The van der Waals surface area contributed by atoms with Crippen molar-refractivity contribution in [2.24, 2.45) is 0 Å². The molecule has 2 heterocycles. The first-order valence-electron chi connectivity index (χ1n) is 14.8. The van der Waals surface area contributed by atoms with E-state index in [-0.39, 0.29) is 36.8 Å². The van der Waals surface area contributed by atoms with Crippen molar-refractivity contribution in [3.8, 4) is 11.5 Å². The molecular weight excluding hydrogens is 591 g/mol. The first-order valence-corrected chi connectivity index (χ1v) is 14.8. The molecule has 1 aliphatic carbocycles. The van der Waals surface area contributed by atoms with Crippen molar-refractivity contribution >= 4 is 17.7 Å². The van der Waals surface area contributed by atoms with Crippen LogP contribution in [0.15, 0.2) is 59.7 Å². The largest absolute Gasteiger partial charge is 0.486 e. The summed E-state index contributed by atoms with van der Waals surface area (Å²) in [6.07, 6.45) is -3.98. The Hall–Kier alpha value is -3.56. The minimum absolute atomic E-state index is 0.107. The monoisotopic (exact) mass is 630 g/mol. The van der Waals surface area contributed by atoms with Crippen LogP contribution < -0.4 is 20.5 Å². The van der Waals surface area contributed by atoms with E-state index >= 15 is 0 Å². The summed E-state index contributed by atoms with van der Waals surface area (Å²) in [5.74, 6) is -0.565. The van der Waals surface area contributed by atoms with Gasteiger partial charge in [0.25, 0.3) is 0 Å². The van der Waals surface area contributed by atoms with Crippen molar-refractivity contribution < 1.29 is 53.3 Å². The van der Waals surface area contributed by atoms with Crippen LogP contribution in [0.2, 0.25) is 0 Å². The minimum atomic E-state index is -1.46. The van der Waals surface area contributed by atoms with Gasteiger partial charge in [-0.2, -0.15) is 0 Å². The third kappa shape index (κ3) is 7.31. The molecule has 3 fully saturated rings. The number of nitrogens with two attached hydrogens (primary N) is 1. The van der Waals surface area contributed by atoms with E-state index in [1.54, 1.807) is 49.4 Å². The van der Waals surface area contributed by atoms with Gasteiger partial charge in [-0.1, -0.05) is 25.1 Å². The summed E-state index contributed by atoms with van der Waals surface area (Å²) in [6, 6.07) is 9.86. The van der Waals surface area contributed by atoms with Crippen molar-refractivity contribution in [2.75, 3.05) is 19.1 Å². The fourth-order valence-corrected chi connectivity index (χ4v) is 5.75. The van der Waals surface area contributed by atoms with Gasteiger partial charge in [0.15, 0.2) is 11.6 Å². The molecule has 2 aromatic rings. The van der Waals surface area contributed by atoms with Crippen LogP contribution in [-0.2, 0) is 19.0 Å². The van der Waals surface area contributed by atoms with Crippen molar-refractivity contribution in [1.29, 1.82) is 0 Å². The molecule has 45 heavy (non-hydrogen) atoms. The van der Waals surface area contributed by atoms with Crippen LogP contribution in [0.25, 0.3) is 6.08 Å². The molecule has 3 aliphatic rings. The molecule has 1 amide bonds. The molecule has 9 atom stereocenters. The normalized spacial score (nSPS) is 31.8. The number of nitrogens with one attached hydrogen (secondary N) is 1. The number of aliphatic hydroxyl groups is 4. The Morgan fingerprint density at radius 2 is 1.80 bits per heavy atom. The zero-order chi connectivity index (χ0) is 32.2. The van der Waals surface area contributed by atoms with Gasteiger partial charge < -0.3 is 55.2 Å². The topological polar surface area (TPSA) is 182 Å². The molecule has 0 spiro atoms. The summed E-state index contributed by atoms with van der Waals surface area (Å²) in [5.41, 5.74) is 8.14. The van der Waals surface area contributed by atoms with Crippen LogP contribution in [0.1, 0.15) is 32.3 Å². The van der Waals surface area contributed by atoms with Crippen molar-refractivity contribution in [3.05, 3.63) is 71.1 Å². The van der Waals surface area contributed by atoms with E-state index in [0.717, 1.165) is 5.57 Å². The number of carbonyl (C=O) groups is 1. The molecule has 2 saturated heterocycles. The second kappa shape index (κ2) is 14.3. The molecule has 7 N–H and O–H groups in total. The number of amides is 1. The highest BCUT2D eigenvalue weighted by Gasteiger charge is 2.53. The summed E-state index contributed by atoms with van der Waals surface area (Å²) < 4.78 is 41.8. The smallest absolute Gasteiger partial charge is 0.247 e. The lowest BCUT2D eigenvalue weighted by atomic mass is 9.83. The summed E-state index contributed by atoms with van der Waals surface area (Å²) in [5, 5.41) is 44.7. The SMILES string of the molecule is CC/C(=C/COc1ccccc1F)[C@H]1O[C@@H](Oc2ccc(/C=C(\C)C(=O)N[C@@H]3[C@H](O)[C@@H](O)[C@H]4OCO[C@H]4[C@@H]3O)cc2N)C[C@@H]1O. The molecule has 2 aromatic carbocycles. The van der Waals surface area contributed by atoms with Crippen LogP contribution in [0.3, 0.4) is 0 Å². The van der Waals surface area contributed by atoms with Crippen LogP contribution in [0, 0.1) is 5.82 Å². The maximum atomic E-state index is 13.8. The fraction of sp³-hybridized carbons (Fsp3) is 0.469. The lowest BCUT2D eigenvalue weighted by Gasteiger charge is -2.41. The maximum absolute atomic E-state index is 13.8. The standard InChI is InChI=1S/C32H39FN2O10/c1-3-18(10-11-41-22-7-5-4-6-19(22)33)29-21(36)14-24(45-29)44-23-9-8-17(13-20(23)34)12-16(2)32(40)35-25-26(37)28(39)31-30(27(25)38)42-15-43-31/h4-10,12-13,21,24-31,36-39H,3,11,14-15,34H2,1-2H3,(H,35,40)/b16-12+,18-10-/t21-,24+,25+,26-,27+,28+,29+,30-,31+/m0/s1. The molecule has 0 radical (unpaired) electrons. The lowest BCUT2D eigenvalue weighted by Crippen LogP contribution is -2.67. The Kier molecular flexibility index (Phi) is 10.4. The van der Waals surface area contributed by atoms with Crippen LogP contribution in [0.5, 0.6) is 11.5 Å². The second-order valence-corrected chi connectivity index (χ2v) is 11.3. The summed E-state index contributed by atoms with van der Waals surface area (Å²) in [7, 11) is 0. The highest BCUT2D eigenvalue weighted by molar-refractivity contribution is 5.97. The number of para-hydroxylation sites is 1. The van der Waals surface area contributed by atoms with E-state index in [1.807, 2.05) is 6.92 Å². The molecular formula is C32H39FN2O10. The Bertz CT molecular complexity index is 1420. The van der Waals surface area contributed by atoms with E-state index in [1.165, 1.54) is 12.1 Å². The second-order valence-electron chi connectivity index (χ2n) is 11.3. The molecule has 0 bridgehead atoms. The number of carbonyl (C=O) groups excluding carboxylic acids is 1. The molecule has 0 unspecified atom stereocenters. The number of aliphatic hydroxyl groups excluding tert-OH is 4. The van der Waals surface area contributed by atoms with Crippen molar-refractivity contribution in [1.82, 2.24) is 5.32 Å². The Labute approximate surface area is 259 Å². The number of nitrogen functional groups attached to an aromatic ring is 1. The zero-order valence-electron chi connectivity index (χ0n) is 24.9. The Balaban J connectivity index is 1.17. The van der Waals surface area contributed by atoms with Gasteiger partial charge in [0, 0.05) is 12.0 Å². The Morgan fingerprint density at radius 1 is 1.07 bits per heavy atom. The van der Waals surface area contributed by atoms with Gasteiger partial charge in [0.1, 0.15) is 55.8 Å². The molecule has 12 nitrogen and oxygen atoms in total. The van der Waals surface area contributed by atoms with E-state index in [0.29, 0.717) is 17.7 Å². The molecule has 1 saturated carbocycles. The van der Waals surface area contributed by atoms with E-state index in [2.05, 4.69) is 5.32 Å².